The van der Waals surface area contributed by atoms with Gasteiger partial charge in [-0.3, -0.25) is 14.5 Å². The van der Waals surface area contributed by atoms with Gasteiger partial charge in [-0.05, 0) is 18.6 Å². The molecule has 0 N–H and O–H groups in total. The van der Waals surface area contributed by atoms with Crippen LogP contribution in [0, 0.1) is 11.3 Å². The Morgan fingerprint density at radius 3 is 2.95 bits per heavy atom. The lowest BCUT2D eigenvalue weighted by Gasteiger charge is -2.45. The molecule has 0 bridgehead atoms. The van der Waals surface area contributed by atoms with Gasteiger partial charge in [0.05, 0.1) is 18.9 Å². The molecule has 2 aliphatic rings. The van der Waals surface area contributed by atoms with Crippen LogP contribution in [-0.2, 0) is 4.79 Å². The molecular formula is C15H18N4O3. The maximum Gasteiger partial charge on any atom is 0.289 e. The molecule has 1 aromatic rings. The molecule has 3 rings (SSSR count). The van der Waals surface area contributed by atoms with Gasteiger partial charge in [0.15, 0.2) is 5.76 Å². The largest absolute Gasteiger partial charge is 0.459 e. The van der Waals surface area contributed by atoms with E-state index in [1.54, 1.807) is 29.0 Å². The standard InChI is InChI=1S/C15H18N4O3/c1-17-8-9-19(7-5-16)15(14(17)21)4-6-18(11-15)13(20)12-3-2-10-22-12/h2-3,10H,4,6-9,11H2,1H3. The molecule has 0 aromatic carbocycles. The van der Waals surface area contributed by atoms with Crippen LogP contribution in [-0.4, -0.2) is 71.8 Å². The summed E-state index contributed by atoms with van der Waals surface area (Å²) in [6, 6.07) is 5.42. The lowest BCUT2D eigenvalue weighted by atomic mass is 9.91. The van der Waals surface area contributed by atoms with Gasteiger partial charge in [0.25, 0.3) is 5.91 Å². The smallest absolute Gasteiger partial charge is 0.289 e. The molecule has 1 atom stereocenters. The summed E-state index contributed by atoms with van der Waals surface area (Å²) >= 11 is 0. The molecule has 1 spiro atoms. The first-order valence-electron chi connectivity index (χ1n) is 7.29. The van der Waals surface area contributed by atoms with Crippen molar-refractivity contribution < 1.29 is 14.0 Å². The van der Waals surface area contributed by atoms with Crippen molar-refractivity contribution in [3.8, 4) is 6.07 Å². The first kappa shape index (κ1) is 14.6. The second-order valence-corrected chi connectivity index (χ2v) is 5.79. The number of piperazine rings is 1. The zero-order valence-corrected chi connectivity index (χ0v) is 12.5. The van der Waals surface area contributed by atoms with Crippen LogP contribution in [0.3, 0.4) is 0 Å². The molecule has 0 saturated carbocycles. The Labute approximate surface area is 128 Å². The summed E-state index contributed by atoms with van der Waals surface area (Å²) in [7, 11) is 1.77. The van der Waals surface area contributed by atoms with Crippen LogP contribution in [0.1, 0.15) is 17.0 Å². The van der Waals surface area contributed by atoms with E-state index in [-0.39, 0.29) is 24.1 Å². The molecule has 116 valence electrons. The van der Waals surface area contributed by atoms with Crippen molar-refractivity contribution in [2.24, 2.45) is 0 Å². The number of carbonyl (C=O) groups excluding carboxylic acids is 2. The summed E-state index contributed by atoms with van der Waals surface area (Å²) < 4.78 is 5.15. The van der Waals surface area contributed by atoms with Crippen molar-refractivity contribution in [2.75, 3.05) is 39.8 Å². The molecule has 7 heteroatoms. The molecule has 3 heterocycles. The van der Waals surface area contributed by atoms with Gasteiger partial charge in [-0.1, -0.05) is 0 Å². The van der Waals surface area contributed by atoms with Crippen molar-refractivity contribution >= 4 is 11.8 Å². The van der Waals surface area contributed by atoms with Gasteiger partial charge < -0.3 is 14.2 Å². The third-order valence-corrected chi connectivity index (χ3v) is 4.58. The molecule has 22 heavy (non-hydrogen) atoms. The van der Waals surface area contributed by atoms with E-state index < -0.39 is 5.54 Å². The normalized spacial score (nSPS) is 25.7. The molecule has 0 aliphatic carbocycles. The number of likely N-dealkylation sites (tertiary alicyclic amines) is 1. The predicted molar refractivity (Wildman–Crippen MR) is 76.8 cm³/mol. The van der Waals surface area contributed by atoms with Crippen LogP contribution in [0.2, 0.25) is 0 Å². The van der Waals surface area contributed by atoms with Gasteiger partial charge in [-0.25, -0.2) is 0 Å². The van der Waals surface area contributed by atoms with E-state index in [2.05, 4.69) is 6.07 Å². The number of hydrogen-bond donors (Lipinski definition) is 0. The second kappa shape index (κ2) is 5.46. The topological polar surface area (TPSA) is 80.8 Å². The number of likely N-dealkylation sites (N-methyl/N-ethyl adjacent to an activating group) is 1. The van der Waals surface area contributed by atoms with Crippen LogP contribution in [0.25, 0.3) is 0 Å². The third kappa shape index (κ3) is 2.16. The van der Waals surface area contributed by atoms with Gasteiger partial charge in [-0.2, -0.15) is 5.26 Å². The Kier molecular flexibility index (Phi) is 3.62. The molecule has 2 saturated heterocycles. The number of furan rings is 1. The van der Waals surface area contributed by atoms with Gasteiger partial charge in [-0.15, -0.1) is 0 Å². The maximum absolute atomic E-state index is 12.7. The molecule has 7 nitrogen and oxygen atoms in total. The summed E-state index contributed by atoms with van der Waals surface area (Å²) in [5, 5.41) is 9.03. The highest BCUT2D eigenvalue weighted by molar-refractivity contribution is 5.94. The molecule has 0 radical (unpaired) electrons. The highest BCUT2D eigenvalue weighted by Gasteiger charge is 2.53. The van der Waals surface area contributed by atoms with Crippen molar-refractivity contribution in [3.63, 3.8) is 0 Å². The minimum absolute atomic E-state index is 0.0104. The van der Waals surface area contributed by atoms with E-state index in [1.807, 2.05) is 4.90 Å². The summed E-state index contributed by atoms with van der Waals surface area (Å²) in [5.74, 6) is 0.0593. The Morgan fingerprint density at radius 1 is 1.45 bits per heavy atom. The predicted octanol–water partition coefficient (Wildman–Crippen LogP) is 0.162. The number of carbonyl (C=O) groups is 2. The van der Waals surface area contributed by atoms with E-state index in [0.717, 1.165) is 0 Å². The Bertz CT molecular complexity index is 621. The monoisotopic (exact) mass is 302 g/mol. The SMILES string of the molecule is CN1CCN(CC#N)C2(CCN(C(=O)c3ccco3)C2)C1=O. The molecule has 2 aliphatic heterocycles. The van der Waals surface area contributed by atoms with Crippen molar-refractivity contribution in [3.05, 3.63) is 24.2 Å². The lowest BCUT2D eigenvalue weighted by Crippen LogP contribution is -2.66. The third-order valence-electron chi connectivity index (χ3n) is 4.58. The Hall–Kier alpha value is -2.33. The summed E-state index contributed by atoms with van der Waals surface area (Å²) in [5.41, 5.74) is -0.773. The van der Waals surface area contributed by atoms with Crippen molar-refractivity contribution in [1.29, 1.82) is 5.26 Å². The molecule has 2 fully saturated rings. The van der Waals surface area contributed by atoms with Crippen LogP contribution < -0.4 is 0 Å². The number of hydrogen-bond acceptors (Lipinski definition) is 5. The molecule has 1 unspecified atom stereocenters. The summed E-state index contributed by atoms with van der Waals surface area (Å²) in [4.78, 5) is 30.3. The number of nitriles is 1. The fourth-order valence-corrected chi connectivity index (χ4v) is 3.35. The Balaban J connectivity index is 1.84. The zero-order valence-electron chi connectivity index (χ0n) is 12.5. The number of amides is 2. The van der Waals surface area contributed by atoms with Crippen LogP contribution >= 0.6 is 0 Å². The van der Waals surface area contributed by atoms with Gasteiger partial charge in [0, 0.05) is 33.2 Å². The van der Waals surface area contributed by atoms with Crippen LogP contribution in [0.4, 0.5) is 0 Å². The van der Waals surface area contributed by atoms with Crippen LogP contribution in [0.5, 0.6) is 0 Å². The van der Waals surface area contributed by atoms with Gasteiger partial charge in [0.1, 0.15) is 5.54 Å². The molecule has 1 aromatic heterocycles. The first-order chi connectivity index (χ1) is 10.6. The van der Waals surface area contributed by atoms with E-state index >= 15 is 0 Å². The zero-order chi connectivity index (χ0) is 15.7. The molecule has 2 amide bonds. The minimum atomic E-state index is -0.773. The van der Waals surface area contributed by atoms with Gasteiger partial charge in [0.2, 0.25) is 5.91 Å². The maximum atomic E-state index is 12.7. The average molecular weight is 302 g/mol. The Morgan fingerprint density at radius 2 is 2.27 bits per heavy atom. The fourth-order valence-electron chi connectivity index (χ4n) is 3.35. The minimum Gasteiger partial charge on any atom is -0.459 e. The van der Waals surface area contributed by atoms with E-state index in [4.69, 9.17) is 9.68 Å². The first-order valence-corrected chi connectivity index (χ1v) is 7.29. The second-order valence-electron chi connectivity index (χ2n) is 5.79. The van der Waals surface area contributed by atoms with Crippen LogP contribution in [0.15, 0.2) is 22.8 Å². The van der Waals surface area contributed by atoms with Gasteiger partial charge >= 0.3 is 0 Å². The summed E-state index contributed by atoms with van der Waals surface area (Å²) in [6.07, 6.45) is 2.00. The molecular weight excluding hydrogens is 284 g/mol. The highest BCUT2D eigenvalue weighted by atomic mass is 16.3. The highest BCUT2D eigenvalue weighted by Crippen LogP contribution is 2.33. The van der Waals surface area contributed by atoms with E-state index in [1.165, 1.54) is 6.26 Å². The average Bonchev–Trinajstić information content (AvgIpc) is 3.18. The number of nitrogens with zero attached hydrogens (tertiary/aromatic N) is 4. The lowest BCUT2D eigenvalue weighted by molar-refractivity contribution is -0.148. The van der Waals surface area contributed by atoms with Crippen molar-refractivity contribution in [1.82, 2.24) is 14.7 Å². The fraction of sp³-hybridized carbons (Fsp3) is 0.533. The quantitative estimate of drug-likeness (QED) is 0.727. The summed E-state index contributed by atoms with van der Waals surface area (Å²) in [6.45, 7) is 2.24. The van der Waals surface area contributed by atoms with Crippen molar-refractivity contribution in [2.45, 2.75) is 12.0 Å². The van der Waals surface area contributed by atoms with E-state index in [0.29, 0.717) is 32.6 Å². The van der Waals surface area contributed by atoms with E-state index in [9.17, 15) is 9.59 Å². The number of rotatable bonds is 2.